The Bertz CT molecular complexity index is 431. The molecule has 0 saturated heterocycles. The lowest BCUT2D eigenvalue weighted by Gasteiger charge is -2.15. The van der Waals surface area contributed by atoms with Gasteiger partial charge in [-0.25, -0.2) is 0 Å². The molecule has 0 unspecified atom stereocenters. The number of rotatable bonds is 7. The minimum Gasteiger partial charge on any atom is -0.493 e. The lowest BCUT2D eigenvalue weighted by Crippen LogP contribution is -2.15. The highest BCUT2D eigenvalue weighted by atomic mass is 16.5. The van der Waals surface area contributed by atoms with Crippen LogP contribution in [0.25, 0.3) is 0 Å². The minimum absolute atomic E-state index is 0.116. The number of hydrogen-bond donors (Lipinski definition) is 2. The first-order valence-corrected chi connectivity index (χ1v) is 6.22. The third-order valence-corrected chi connectivity index (χ3v) is 2.58. The number of carboxylic acid groups (broad SMARTS) is 1. The van der Waals surface area contributed by atoms with Crippen molar-refractivity contribution in [3.63, 3.8) is 0 Å². The van der Waals surface area contributed by atoms with Crippen LogP contribution in [0.4, 0.5) is 0 Å². The molecule has 5 heteroatoms. The summed E-state index contributed by atoms with van der Waals surface area (Å²) in [7, 11) is 1.55. The predicted octanol–water partition coefficient (Wildman–Crippen LogP) is 2.20. The van der Waals surface area contributed by atoms with Crippen molar-refractivity contribution < 1.29 is 19.4 Å². The standard InChI is InChI=1S/C14H21NO4/c1-9(2)8-19-12-5-4-10(6-13(12)18-3)11(15)7-14(16)17/h4-6,9,11H,7-8,15H2,1-3H3,(H,16,17)/t11-/m1/s1. The van der Waals surface area contributed by atoms with Gasteiger partial charge < -0.3 is 20.3 Å². The molecular formula is C14H21NO4. The first-order chi connectivity index (χ1) is 8.93. The highest BCUT2D eigenvalue weighted by Gasteiger charge is 2.14. The number of carboxylic acids is 1. The van der Waals surface area contributed by atoms with E-state index in [4.69, 9.17) is 20.3 Å². The van der Waals surface area contributed by atoms with E-state index < -0.39 is 12.0 Å². The molecule has 0 spiro atoms. The Hall–Kier alpha value is -1.75. The van der Waals surface area contributed by atoms with E-state index in [1.54, 1.807) is 25.3 Å². The Morgan fingerprint density at radius 1 is 1.37 bits per heavy atom. The van der Waals surface area contributed by atoms with Gasteiger partial charge >= 0.3 is 5.97 Å². The largest absolute Gasteiger partial charge is 0.493 e. The van der Waals surface area contributed by atoms with Gasteiger partial charge in [-0.15, -0.1) is 0 Å². The van der Waals surface area contributed by atoms with Crippen molar-refractivity contribution in [2.45, 2.75) is 26.3 Å². The molecule has 1 aromatic rings. The first-order valence-electron chi connectivity index (χ1n) is 6.22. The molecule has 1 aromatic carbocycles. The van der Waals surface area contributed by atoms with Crippen molar-refractivity contribution in [1.29, 1.82) is 0 Å². The van der Waals surface area contributed by atoms with E-state index in [0.717, 1.165) is 5.56 Å². The molecule has 0 amide bonds. The number of carbonyl (C=O) groups is 1. The molecule has 0 aromatic heterocycles. The lowest BCUT2D eigenvalue weighted by molar-refractivity contribution is -0.137. The molecule has 106 valence electrons. The van der Waals surface area contributed by atoms with Gasteiger partial charge in [0, 0.05) is 6.04 Å². The fraction of sp³-hybridized carbons (Fsp3) is 0.500. The van der Waals surface area contributed by atoms with E-state index in [1.807, 2.05) is 0 Å². The number of nitrogens with two attached hydrogens (primary N) is 1. The van der Waals surface area contributed by atoms with E-state index >= 15 is 0 Å². The van der Waals surface area contributed by atoms with Gasteiger partial charge in [0.05, 0.1) is 20.1 Å². The molecule has 0 aliphatic heterocycles. The maximum atomic E-state index is 10.6. The third kappa shape index (κ3) is 4.79. The van der Waals surface area contributed by atoms with Crippen molar-refractivity contribution >= 4 is 5.97 Å². The second kappa shape index (κ2) is 6.99. The maximum absolute atomic E-state index is 10.6. The summed E-state index contributed by atoms with van der Waals surface area (Å²) in [5.74, 6) is 0.701. The van der Waals surface area contributed by atoms with Crippen LogP contribution >= 0.6 is 0 Å². The molecular weight excluding hydrogens is 246 g/mol. The smallest absolute Gasteiger partial charge is 0.305 e. The van der Waals surface area contributed by atoms with Crippen molar-refractivity contribution in [2.24, 2.45) is 11.7 Å². The molecule has 1 rings (SSSR count). The zero-order chi connectivity index (χ0) is 14.4. The summed E-state index contributed by atoms with van der Waals surface area (Å²) in [4.78, 5) is 10.6. The number of ether oxygens (including phenoxy) is 2. The Morgan fingerprint density at radius 2 is 2.05 bits per heavy atom. The second-order valence-corrected chi connectivity index (χ2v) is 4.82. The first kappa shape index (κ1) is 15.3. The van der Waals surface area contributed by atoms with Crippen LogP contribution in [0.15, 0.2) is 18.2 Å². The average molecular weight is 267 g/mol. The van der Waals surface area contributed by atoms with Crippen molar-refractivity contribution in [1.82, 2.24) is 0 Å². The zero-order valence-electron chi connectivity index (χ0n) is 11.6. The molecule has 1 atom stereocenters. The van der Waals surface area contributed by atoms with Gasteiger partial charge in [0.25, 0.3) is 0 Å². The molecule has 0 aliphatic rings. The highest BCUT2D eigenvalue weighted by molar-refractivity contribution is 5.68. The second-order valence-electron chi connectivity index (χ2n) is 4.82. The average Bonchev–Trinajstić information content (AvgIpc) is 2.35. The SMILES string of the molecule is COc1cc([C@H](N)CC(=O)O)ccc1OCC(C)C. The zero-order valence-corrected chi connectivity index (χ0v) is 11.6. The van der Waals surface area contributed by atoms with E-state index in [2.05, 4.69) is 13.8 Å². The van der Waals surface area contributed by atoms with Crippen LogP contribution in [-0.4, -0.2) is 24.8 Å². The van der Waals surface area contributed by atoms with Gasteiger partial charge in [-0.2, -0.15) is 0 Å². The number of benzene rings is 1. The van der Waals surface area contributed by atoms with Crippen molar-refractivity contribution in [3.8, 4) is 11.5 Å². The Labute approximate surface area is 113 Å². The summed E-state index contributed by atoms with van der Waals surface area (Å²) < 4.78 is 10.9. The Morgan fingerprint density at radius 3 is 2.58 bits per heavy atom. The van der Waals surface area contributed by atoms with Crippen molar-refractivity contribution in [3.05, 3.63) is 23.8 Å². The van der Waals surface area contributed by atoms with Gasteiger partial charge in [-0.05, 0) is 23.6 Å². The molecule has 0 fully saturated rings. The summed E-state index contributed by atoms with van der Waals surface area (Å²) in [6.07, 6.45) is -0.116. The fourth-order valence-corrected chi connectivity index (χ4v) is 1.60. The Kier molecular flexibility index (Phi) is 5.63. The van der Waals surface area contributed by atoms with E-state index in [1.165, 1.54) is 0 Å². The molecule has 0 radical (unpaired) electrons. The number of methoxy groups -OCH3 is 1. The fourth-order valence-electron chi connectivity index (χ4n) is 1.60. The van der Waals surface area contributed by atoms with E-state index in [0.29, 0.717) is 24.0 Å². The highest BCUT2D eigenvalue weighted by Crippen LogP contribution is 2.30. The predicted molar refractivity (Wildman–Crippen MR) is 72.5 cm³/mol. The van der Waals surface area contributed by atoms with E-state index in [-0.39, 0.29) is 6.42 Å². The lowest BCUT2D eigenvalue weighted by atomic mass is 10.0. The molecule has 0 heterocycles. The molecule has 5 nitrogen and oxygen atoms in total. The van der Waals surface area contributed by atoms with Gasteiger partial charge in [0.1, 0.15) is 0 Å². The van der Waals surface area contributed by atoms with Gasteiger partial charge in [-0.3, -0.25) is 4.79 Å². The summed E-state index contributed by atoms with van der Waals surface area (Å²) in [6.45, 7) is 4.71. The van der Waals surface area contributed by atoms with E-state index in [9.17, 15) is 4.79 Å². The summed E-state index contributed by atoms with van der Waals surface area (Å²) in [5, 5.41) is 8.74. The van der Waals surface area contributed by atoms with Crippen LogP contribution in [0.2, 0.25) is 0 Å². The quantitative estimate of drug-likeness (QED) is 0.791. The Balaban J connectivity index is 2.85. The molecule has 0 aliphatic carbocycles. The van der Waals surface area contributed by atoms with Gasteiger partial charge in [-0.1, -0.05) is 19.9 Å². The molecule has 0 saturated carbocycles. The molecule has 19 heavy (non-hydrogen) atoms. The van der Waals surface area contributed by atoms with Crippen LogP contribution in [0.3, 0.4) is 0 Å². The monoisotopic (exact) mass is 267 g/mol. The van der Waals surface area contributed by atoms with Crippen LogP contribution < -0.4 is 15.2 Å². The molecule has 3 N–H and O–H groups in total. The third-order valence-electron chi connectivity index (χ3n) is 2.58. The normalized spacial score (nSPS) is 12.3. The maximum Gasteiger partial charge on any atom is 0.305 e. The summed E-state index contributed by atoms with van der Waals surface area (Å²) in [5.41, 5.74) is 6.53. The van der Waals surface area contributed by atoms with Crippen LogP contribution in [-0.2, 0) is 4.79 Å². The summed E-state index contributed by atoms with van der Waals surface area (Å²) in [6, 6.07) is 4.71. The van der Waals surface area contributed by atoms with Crippen LogP contribution in [0.5, 0.6) is 11.5 Å². The molecule has 0 bridgehead atoms. The number of hydrogen-bond acceptors (Lipinski definition) is 4. The summed E-state index contributed by atoms with van der Waals surface area (Å²) >= 11 is 0. The van der Waals surface area contributed by atoms with Gasteiger partial charge in [0.2, 0.25) is 0 Å². The topological polar surface area (TPSA) is 81.8 Å². The minimum atomic E-state index is -0.924. The van der Waals surface area contributed by atoms with Crippen LogP contribution in [0.1, 0.15) is 31.9 Å². The van der Waals surface area contributed by atoms with Gasteiger partial charge in [0.15, 0.2) is 11.5 Å². The number of aliphatic carboxylic acids is 1. The van der Waals surface area contributed by atoms with Crippen molar-refractivity contribution in [2.75, 3.05) is 13.7 Å². The van der Waals surface area contributed by atoms with Crippen LogP contribution in [0, 0.1) is 5.92 Å².